The van der Waals surface area contributed by atoms with E-state index in [9.17, 15) is 4.79 Å². The zero-order valence-electron chi connectivity index (χ0n) is 9.46. The standard InChI is InChI=1S/C12H13N3OS/c1-2-15(11-6-4-3-5-9(11)13)12(16)10-7-17-8-14-10/h3-8H,2,13H2,1H3. The van der Waals surface area contributed by atoms with Crippen LogP contribution in [0.5, 0.6) is 0 Å². The molecule has 17 heavy (non-hydrogen) atoms. The molecular weight excluding hydrogens is 234 g/mol. The predicted molar refractivity (Wildman–Crippen MR) is 70.3 cm³/mol. The van der Waals surface area contributed by atoms with E-state index in [1.807, 2.05) is 25.1 Å². The van der Waals surface area contributed by atoms with E-state index in [-0.39, 0.29) is 5.91 Å². The number of thiazole rings is 1. The number of anilines is 2. The van der Waals surface area contributed by atoms with Crippen LogP contribution in [0.3, 0.4) is 0 Å². The van der Waals surface area contributed by atoms with Crippen molar-refractivity contribution in [1.29, 1.82) is 0 Å². The zero-order valence-corrected chi connectivity index (χ0v) is 10.3. The van der Waals surface area contributed by atoms with Gasteiger partial charge in [0.1, 0.15) is 5.69 Å². The maximum atomic E-state index is 12.2. The van der Waals surface area contributed by atoms with Gasteiger partial charge in [0.05, 0.1) is 16.9 Å². The third kappa shape index (κ3) is 2.29. The van der Waals surface area contributed by atoms with Gasteiger partial charge in [-0.3, -0.25) is 4.79 Å². The van der Waals surface area contributed by atoms with Gasteiger partial charge in [-0.15, -0.1) is 11.3 Å². The van der Waals surface area contributed by atoms with Crippen molar-refractivity contribution in [3.63, 3.8) is 0 Å². The number of rotatable bonds is 3. The minimum atomic E-state index is -0.119. The Kier molecular flexibility index (Phi) is 3.39. The second kappa shape index (κ2) is 4.97. The third-order valence-electron chi connectivity index (χ3n) is 2.44. The summed E-state index contributed by atoms with van der Waals surface area (Å²) >= 11 is 1.41. The number of aromatic nitrogens is 1. The molecule has 2 N–H and O–H groups in total. The summed E-state index contributed by atoms with van der Waals surface area (Å²) in [6, 6.07) is 7.33. The highest BCUT2D eigenvalue weighted by molar-refractivity contribution is 7.07. The molecule has 0 aliphatic rings. The fraction of sp³-hybridized carbons (Fsp3) is 0.167. The second-order valence-corrected chi connectivity index (χ2v) is 4.20. The molecule has 1 aromatic heterocycles. The number of nitrogen functional groups attached to an aromatic ring is 1. The number of benzene rings is 1. The Morgan fingerprint density at radius 1 is 1.47 bits per heavy atom. The quantitative estimate of drug-likeness (QED) is 0.847. The number of para-hydroxylation sites is 2. The van der Waals surface area contributed by atoms with Crippen LogP contribution in [0, 0.1) is 0 Å². The molecule has 0 bridgehead atoms. The fourth-order valence-electron chi connectivity index (χ4n) is 1.61. The van der Waals surface area contributed by atoms with E-state index in [2.05, 4.69) is 4.98 Å². The Labute approximate surface area is 104 Å². The first-order valence-corrected chi connectivity index (χ1v) is 6.23. The number of carbonyl (C=O) groups excluding carboxylic acids is 1. The molecule has 0 radical (unpaired) electrons. The van der Waals surface area contributed by atoms with E-state index in [0.29, 0.717) is 17.9 Å². The number of hydrogen-bond acceptors (Lipinski definition) is 4. The fourth-order valence-corrected chi connectivity index (χ4v) is 2.14. The lowest BCUT2D eigenvalue weighted by Crippen LogP contribution is -2.31. The Bertz CT molecular complexity index is 510. The molecule has 0 aliphatic heterocycles. The minimum Gasteiger partial charge on any atom is -0.397 e. The van der Waals surface area contributed by atoms with Gasteiger partial charge in [-0.25, -0.2) is 4.98 Å². The molecule has 2 rings (SSSR count). The number of carbonyl (C=O) groups is 1. The highest BCUT2D eigenvalue weighted by atomic mass is 32.1. The maximum absolute atomic E-state index is 12.2. The maximum Gasteiger partial charge on any atom is 0.277 e. The summed E-state index contributed by atoms with van der Waals surface area (Å²) < 4.78 is 0. The summed E-state index contributed by atoms with van der Waals surface area (Å²) in [7, 11) is 0. The molecule has 0 aliphatic carbocycles. The Balaban J connectivity index is 2.35. The van der Waals surface area contributed by atoms with Crippen molar-refractivity contribution >= 4 is 28.6 Å². The van der Waals surface area contributed by atoms with Crippen LogP contribution in [-0.4, -0.2) is 17.4 Å². The molecule has 2 aromatic rings. The highest BCUT2D eigenvalue weighted by Crippen LogP contribution is 2.23. The molecule has 0 saturated heterocycles. The van der Waals surface area contributed by atoms with Gasteiger partial charge in [-0.05, 0) is 19.1 Å². The van der Waals surface area contributed by atoms with Crippen LogP contribution in [0.25, 0.3) is 0 Å². The predicted octanol–water partition coefficient (Wildman–Crippen LogP) is 2.39. The first kappa shape index (κ1) is 11.6. The van der Waals surface area contributed by atoms with Crippen LogP contribution < -0.4 is 10.6 Å². The van der Waals surface area contributed by atoms with Crippen molar-refractivity contribution in [3.05, 3.63) is 40.8 Å². The van der Waals surface area contributed by atoms with Crippen molar-refractivity contribution in [2.75, 3.05) is 17.2 Å². The van der Waals surface area contributed by atoms with Crippen molar-refractivity contribution in [3.8, 4) is 0 Å². The molecule has 0 spiro atoms. The van der Waals surface area contributed by atoms with Crippen LogP contribution >= 0.6 is 11.3 Å². The number of nitrogens with two attached hydrogens (primary N) is 1. The lowest BCUT2D eigenvalue weighted by molar-refractivity contribution is 0.0984. The van der Waals surface area contributed by atoms with E-state index in [1.54, 1.807) is 21.9 Å². The van der Waals surface area contributed by atoms with E-state index in [1.165, 1.54) is 11.3 Å². The Morgan fingerprint density at radius 3 is 2.82 bits per heavy atom. The van der Waals surface area contributed by atoms with E-state index in [4.69, 9.17) is 5.73 Å². The molecule has 1 heterocycles. The Morgan fingerprint density at radius 2 is 2.24 bits per heavy atom. The largest absolute Gasteiger partial charge is 0.397 e. The average Bonchev–Trinajstić information content (AvgIpc) is 2.86. The SMILES string of the molecule is CCN(C(=O)c1cscn1)c1ccccc1N. The van der Waals surface area contributed by atoms with Gasteiger partial charge in [0, 0.05) is 11.9 Å². The molecule has 1 amide bonds. The summed E-state index contributed by atoms with van der Waals surface area (Å²) in [5.41, 5.74) is 9.31. The van der Waals surface area contributed by atoms with Gasteiger partial charge in [0.2, 0.25) is 0 Å². The molecule has 0 fully saturated rings. The molecule has 5 heteroatoms. The normalized spacial score (nSPS) is 10.2. The molecule has 1 aromatic carbocycles. The van der Waals surface area contributed by atoms with Crippen molar-refractivity contribution in [2.45, 2.75) is 6.92 Å². The third-order valence-corrected chi connectivity index (χ3v) is 3.03. The van der Waals surface area contributed by atoms with Gasteiger partial charge in [-0.2, -0.15) is 0 Å². The smallest absolute Gasteiger partial charge is 0.277 e. The molecule has 0 unspecified atom stereocenters. The monoisotopic (exact) mass is 247 g/mol. The summed E-state index contributed by atoms with van der Waals surface area (Å²) in [6.45, 7) is 2.47. The van der Waals surface area contributed by atoms with Crippen LogP contribution in [0.1, 0.15) is 17.4 Å². The zero-order chi connectivity index (χ0) is 12.3. The highest BCUT2D eigenvalue weighted by Gasteiger charge is 2.18. The van der Waals surface area contributed by atoms with Crippen LogP contribution in [0.2, 0.25) is 0 Å². The average molecular weight is 247 g/mol. The first-order valence-electron chi connectivity index (χ1n) is 5.28. The van der Waals surface area contributed by atoms with E-state index < -0.39 is 0 Å². The lowest BCUT2D eigenvalue weighted by Gasteiger charge is -2.21. The van der Waals surface area contributed by atoms with Gasteiger partial charge < -0.3 is 10.6 Å². The van der Waals surface area contributed by atoms with Crippen LogP contribution in [-0.2, 0) is 0 Å². The summed E-state index contributed by atoms with van der Waals surface area (Å²) in [6.07, 6.45) is 0. The summed E-state index contributed by atoms with van der Waals surface area (Å²) in [5.74, 6) is -0.119. The molecule has 0 saturated carbocycles. The minimum absolute atomic E-state index is 0.119. The Hall–Kier alpha value is -1.88. The first-order chi connectivity index (χ1) is 8.24. The van der Waals surface area contributed by atoms with E-state index in [0.717, 1.165) is 5.69 Å². The second-order valence-electron chi connectivity index (χ2n) is 3.48. The van der Waals surface area contributed by atoms with E-state index >= 15 is 0 Å². The van der Waals surface area contributed by atoms with Gasteiger partial charge in [0.25, 0.3) is 5.91 Å². The van der Waals surface area contributed by atoms with Crippen LogP contribution in [0.4, 0.5) is 11.4 Å². The number of nitrogens with zero attached hydrogens (tertiary/aromatic N) is 2. The number of amides is 1. The molecular formula is C12H13N3OS. The molecule has 4 nitrogen and oxygen atoms in total. The number of hydrogen-bond donors (Lipinski definition) is 1. The van der Waals surface area contributed by atoms with Gasteiger partial charge in [0.15, 0.2) is 0 Å². The molecule has 0 atom stereocenters. The molecule has 88 valence electrons. The lowest BCUT2D eigenvalue weighted by atomic mass is 10.2. The summed E-state index contributed by atoms with van der Waals surface area (Å²) in [5, 5.41) is 1.74. The van der Waals surface area contributed by atoms with Crippen LogP contribution in [0.15, 0.2) is 35.2 Å². The van der Waals surface area contributed by atoms with Crippen molar-refractivity contribution < 1.29 is 4.79 Å². The summed E-state index contributed by atoms with van der Waals surface area (Å²) in [4.78, 5) is 17.9. The van der Waals surface area contributed by atoms with Crippen molar-refractivity contribution in [2.24, 2.45) is 0 Å². The van der Waals surface area contributed by atoms with Gasteiger partial charge in [-0.1, -0.05) is 12.1 Å². The van der Waals surface area contributed by atoms with Crippen molar-refractivity contribution in [1.82, 2.24) is 4.98 Å². The topological polar surface area (TPSA) is 59.2 Å². The van der Waals surface area contributed by atoms with Gasteiger partial charge >= 0.3 is 0 Å².